The van der Waals surface area contributed by atoms with E-state index >= 15 is 0 Å². The molecule has 1 heterocycles. The lowest BCUT2D eigenvalue weighted by atomic mass is 9.87. The summed E-state index contributed by atoms with van der Waals surface area (Å²) in [5, 5.41) is 8.31. The van der Waals surface area contributed by atoms with Crippen molar-refractivity contribution < 1.29 is 14.3 Å². The zero-order chi connectivity index (χ0) is 20.1. The van der Waals surface area contributed by atoms with Gasteiger partial charge >= 0.3 is 5.97 Å². The molecular weight excluding hydrogens is 356 g/mol. The molecule has 1 aliphatic rings. The van der Waals surface area contributed by atoms with Gasteiger partial charge in [-0.15, -0.1) is 5.10 Å². The fourth-order valence-electron chi connectivity index (χ4n) is 3.56. The van der Waals surface area contributed by atoms with E-state index in [1.807, 2.05) is 45.2 Å². The van der Waals surface area contributed by atoms with Crippen LogP contribution in [0.4, 0.5) is 0 Å². The quantitative estimate of drug-likeness (QED) is 0.539. The Hall–Kier alpha value is -2.70. The van der Waals surface area contributed by atoms with Crippen LogP contribution in [0.1, 0.15) is 45.2 Å². The van der Waals surface area contributed by atoms with Crippen LogP contribution in [0.3, 0.4) is 0 Å². The molecule has 0 N–H and O–H groups in total. The number of hydrogen-bond donors (Lipinski definition) is 0. The minimum atomic E-state index is -0.107. The highest BCUT2D eigenvalue weighted by molar-refractivity contribution is 5.72. The van der Waals surface area contributed by atoms with Crippen molar-refractivity contribution in [3.63, 3.8) is 0 Å². The monoisotopic (exact) mass is 384 g/mol. The van der Waals surface area contributed by atoms with Crippen molar-refractivity contribution in [3.8, 4) is 17.0 Å². The number of aryl methyl sites for hydroxylation is 1. The van der Waals surface area contributed by atoms with Crippen molar-refractivity contribution in [1.82, 2.24) is 15.0 Å². The number of hydrogen-bond acceptors (Lipinski definition) is 6. The highest BCUT2D eigenvalue weighted by atomic mass is 16.5. The third-order valence-electron chi connectivity index (χ3n) is 4.95. The van der Waals surface area contributed by atoms with Gasteiger partial charge in [0.2, 0.25) is 0 Å². The summed E-state index contributed by atoms with van der Waals surface area (Å²) in [6.07, 6.45) is 3.44. The summed E-state index contributed by atoms with van der Waals surface area (Å²) in [5.74, 6) is 0.609. The summed E-state index contributed by atoms with van der Waals surface area (Å²) >= 11 is 0. The summed E-state index contributed by atoms with van der Waals surface area (Å²) < 4.78 is 13.2. The van der Waals surface area contributed by atoms with Gasteiger partial charge in [-0.25, -0.2) is 4.68 Å². The van der Waals surface area contributed by atoms with Crippen molar-refractivity contribution >= 4 is 12.7 Å². The SMILES string of the molecule is C=NCc1c(-c2ccc(O[C@@H]3CCC[C@@H](C(=O)OC(C)C)C3)cc2)nnn1C. The highest BCUT2D eigenvalue weighted by Gasteiger charge is 2.30. The molecule has 1 fully saturated rings. The van der Waals surface area contributed by atoms with Crippen molar-refractivity contribution in [2.75, 3.05) is 0 Å². The first kappa shape index (κ1) is 20.0. The summed E-state index contributed by atoms with van der Waals surface area (Å²) in [6.45, 7) is 7.78. The Morgan fingerprint density at radius 1 is 1.32 bits per heavy atom. The molecule has 2 aromatic rings. The summed E-state index contributed by atoms with van der Waals surface area (Å²) in [4.78, 5) is 16.1. The Morgan fingerprint density at radius 3 is 2.75 bits per heavy atom. The van der Waals surface area contributed by atoms with Gasteiger partial charge in [0.05, 0.1) is 30.4 Å². The first-order valence-corrected chi connectivity index (χ1v) is 9.76. The van der Waals surface area contributed by atoms with Crippen LogP contribution < -0.4 is 4.74 Å². The van der Waals surface area contributed by atoms with E-state index in [0.29, 0.717) is 13.0 Å². The van der Waals surface area contributed by atoms with Gasteiger partial charge in [-0.3, -0.25) is 9.79 Å². The third-order valence-corrected chi connectivity index (χ3v) is 4.95. The molecular formula is C21H28N4O3. The molecule has 1 aromatic carbocycles. The van der Waals surface area contributed by atoms with Crippen molar-refractivity contribution in [1.29, 1.82) is 0 Å². The number of carbonyl (C=O) groups is 1. The molecule has 28 heavy (non-hydrogen) atoms. The Balaban J connectivity index is 1.64. The number of carbonyl (C=O) groups excluding carboxylic acids is 1. The Labute approximate surface area is 165 Å². The van der Waals surface area contributed by atoms with Gasteiger partial charge in [-0.05, 0) is 70.5 Å². The summed E-state index contributed by atoms with van der Waals surface area (Å²) in [7, 11) is 1.85. The molecule has 3 rings (SSSR count). The third kappa shape index (κ3) is 4.77. The predicted molar refractivity (Wildman–Crippen MR) is 107 cm³/mol. The zero-order valence-corrected chi connectivity index (χ0v) is 16.8. The van der Waals surface area contributed by atoms with E-state index in [9.17, 15) is 4.79 Å². The lowest BCUT2D eigenvalue weighted by molar-refractivity contribution is -0.154. The van der Waals surface area contributed by atoms with E-state index < -0.39 is 0 Å². The molecule has 1 aliphatic carbocycles. The van der Waals surface area contributed by atoms with Gasteiger partial charge in [-0.1, -0.05) is 5.21 Å². The number of benzene rings is 1. The van der Waals surface area contributed by atoms with Gasteiger partial charge in [0.15, 0.2) is 0 Å². The Morgan fingerprint density at radius 2 is 2.07 bits per heavy atom. The number of aromatic nitrogens is 3. The maximum atomic E-state index is 12.2. The summed E-state index contributed by atoms with van der Waals surface area (Å²) in [5.41, 5.74) is 2.68. The van der Waals surface area contributed by atoms with Crippen molar-refractivity contribution in [2.45, 2.75) is 58.3 Å². The molecule has 0 saturated heterocycles. The molecule has 1 saturated carbocycles. The first-order chi connectivity index (χ1) is 13.5. The van der Waals surface area contributed by atoms with Gasteiger partial charge in [0, 0.05) is 12.6 Å². The van der Waals surface area contributed by atoms with E-state index in [1.54, 1.807) is 4.68 Å². The number of ether oxygens (including phenoxy) is 2. The second-order valence-corrected chi connectivity index (χ2v) is 7.50. The van der Waals surface area contributed by atoms with Gasteiger partial charge in [0.25, 0.3) is 0 Å². The van der Waals surface area contributed by atoms with Crippen molar-refractivity contribution in [3.05, 3.63) is 30.0 Å². The zero-order valence-electron chi connectivity index (χ0n) is 16.8. The minimum absolute atomic E-state index is 0.0290. The fraction of sp³-hybridized carbons (Fsp3) is 0.524. The maximum Gasteiger partial charge on any atom is 0.309 e. The molecule has 0 bridgehead atoms. The predicted octanol–water partition coefficient (Wildman–Crippen LogP) is 3.57. The standard InChI is InChI=1S/C21H28N4O3/c1-14(2)27-21(26)16-6-5-7-18(12-16)28-17-10-8-15(9-11-17)20-19(13-22-3)25(4)24-23-20/h8-11,14,16,18H,3,5-7,12-13H2,1-2,4H3/t16-,18-/m1/s1. The fourth-order valence-corrected chi connectivity index (χ4v) is 3.56. The normalized spacial score (nSPS) is 19.4. The van der Waals surface area contributed by atoms with Crippen LogP contribution in [0.5, 0.6) is 5.75 Å². The second-order valence-electron chi connectivity index (χ2n) is 7.50. The van der Waals surface area contributed by atoms with Gasteiger partial charge in [0.1, 0.15) is 11.4 Å². The van der Waals surface area contributed by atoms with Crippen LogP contribution in [0.15, 0.2) is 29.3 Å². The lowest BCUT2D eigenvalue weighted by Gasteiger charge is -2.29. The first-order valence-electron chi connectivity index (χ1n) is 9.76. The molecule has 0 unspecified atom stereocenters. The molecule has 7 nitrogen and oxygen atoms in total. The van der Waals surface area contributed by atoms with Crippen LogP contribution in [-0.2, 0) is 23.1 Å². The van der Waals surface area contributed by atoms with E-state index in [4.69, 9.17) is 9.47 Å². The molecule has 0 amide bonds. The molecule has 1 aromatic heterocycles. The minimum Gasteiger partial charge on any atom is -0.490 e. The maximum absolute atomic E-state index is 12.2. The van der Waals surface area contributed by atoms with Crippen molar-refractivity contribution in [2.24, 2.45) is 18.0 Å². The molecule has 150 valence electrons. The molecule has 7 heteroatoms. The number of nitrogens with zero attached hydrogens (tertiary/aromatic N) is 4. The smallest absolute Gasteiger partial charge is 0.309 e. The number of esters is 1. The van der Waals surface area contributed by atoms with E-state index in [1.165, 1.54) is 0 Å². The number of aliphatic imine (C=N–C) groups is 1. The average Bonchev–Trinajstić information content (AvgIpc) is 3.03. The largest absolute Gasteiger partial charge is 0.490 e. The molecule has 0 radical (unpaired) electrons. The number of rotatable bonds is 7. The summed E-state index contributed by atoms with van der Waals surface area (Å²) in [6, 6.07) is 7.81. The average molecular weight is 384 g/mol. The van der Waals surface area contributed by atoms with Crippen LogP contribution in [0.25, 0.3) is 11.3 Å². The molecule has 0 aliphatic heterocycles. The van der Waals surface area contributed by atoms with Gasteiger partial charge in [-0.2, -0.15) is 0 Å². The molecule has 0 spiro atoms. The van der Waals surface area contributed by atoms with E-state index in [2.05, 4.69) is 22.0 Å². The van der Waals surface area contributed by atoms with Crippen LogP contribution in [-0.4, -0.2) is 39.9 Å². The van der Waals surface area contributed by atoms with Crippen LogP contribution >= 0.6 is 0 Å². The topological polar surface area (TPSA) is 78.6 Å². The highest BCUT2D eigenvalue weighted by Crippen LogP contribution is 2.30. The van der Waals surface area contributed by atoms with E-state index in [-0.39, 0.29) is 24.1 Å². The second kappa shape index (κ2) is 8.99. The lowest BCUT2D eigenvalue weighted by Crippen LogP contribution is -2.31. The van der Waals surface area contributed by atoms with Crippen LogP contribution in [0, 0.1) is 5.92 Å². The van der Waals surface area contributed by atoms with Crippen LogP contribution in [0.2, 0.25) is 0 Å². The Kier molecular flexibility index (Phi) is 6.44. The van der Waals surface area contributed by atoms with Gasteiger partial charge < -0.3 is 9.47 Å². The van der Waals surface area contributed by atoms with E-state index in [0.717, 1.165) is 42.0 Å². The Bertz CT molecular complexity index is 814. The molecule has 2 atom stereocenters.